The van der Waals surface area contributed by atoms with Gasteiger partial charge in [0.1, 0.15) is 11.5 Å². The molecule has 77 heavy (non-hydrogen) atoms. The number of benzene rings is 5. The standard InChI is InChI=1S/C72H93N2O2S/c1-19-67(7,8)53-35-39-62(58(45-53)69(11,12)21-3)75-47-73-60-37-31-49(5)43-56(60)71(15,16)64(73)41-33-51-27-26-28-52(66(51)77-55-29-24-23-25-30-55)34-42-65-72(17,18)57-44-50(6)32-38-61(57)74(65)48-76-63-40-36-54(68(9,10)20-2)46-59(63)70(13,14)22-4/h23-25,29-46H,19-22,26-28,47-48H2,1-18H3/q+1. The van der Waals surface area contributed by atoms with E-state index in [0.29, 0.717) is 13.5 Å². The zero-order valence-electron chi connectivity index (χ0n) is 50.6. The van der Waals surface area contributed by atoms with Crippen molar-refractivity contribution in [3.63, 3.8) is 0 Å². The van der Waals surface area contributed by atoms with E-state index in [9.17, 15) is 0 Å². The van der Waals surface area contributed by atoms with Gasteiger partial charge < -0.3 is 14.4 Å². The van der Waals surface area contributed by atoms with Crippen LogP contribution in [0.15, 0.2) is 154 Å². The van der Waals surface area contributed by atoms with E-state index in [-0.39, 0.29) is 32.5 Å². The summed E-state index contributed by atoms with van der Waals surface area (Å²) in [7, 11) is 0. The molecule has 0 unspecified atom stereocenters. The molecule has 4 nitrogen and oxygen atoms in total. The highest BCUT2D eigenvalue weighted by Gasteiger charge is 2.45. The molecule has 5 heteroatoms. The summed E-state index contributed by atoms with van der Waals surface area (Å²) in [6, 6.07) is 38.7. The van der Waals surface area contributed by atoms with Gasteiger partial charge in [-0.25, -0.2) is 0 Å². The molecular weight excluding hydrogens is 957 g/mol. The molecule has 0 spiro atoms. The molecule has 0 bridgehead atoms. The molecule has 0 saturated heterocycles. The monoisotopic (exact) mass is 1050 g/mol. The Hall–Kier alpha value is -5.52. The van der Waals surface area contributed by atoms with Crippen molar-refractivity contribution < 1.29 is 14.0 Å². The lowest BCUT2D eigenvalue weighted by molar-refractivity contribution is -0.475. The molecule has 8 rings (SSSR count). The van der Waals surface area contributed by atoms with Gasteiger partial charge in [-0.3, -0.25) is 0 Å². The quantitative estimate of drug-likeness (QED) is 0.0770. The maximum atomic E-state index is 7.08. The fraction of sp³-hybridized carbons (Fsp3) is 0.458. The Morgan fingerprint density at radius 2 is 1.14 bits per heavy atom. The minimum Gasteiger partial charge on any atom is -0.472 e. The van der Waals surface area contributed by atoms with Gasteiger partial charge in [-0.15, -0.1) is 0 Å². The van der Waals surface area contributed by atoms with Gasteiger partial charge in [0.15, 0.2) is 12.4 Å². The topological polar surface area (TPSA) is 24.7 Å². The lowest BCUT2D eigenvalue weighted by atomic mass is 9.76. The number of allylic oxidation sites excluding steroid dienone is 7. The van der Waals surface area contributed by atoms with Crippen LogP contribution in [-0.4, -0.2) is 23.7 Å². The number of thioether (sulfide) groups is 1. The molecule has 2 heterocycles. The minimum absolute atomic E-state index is 0.0424. The van der Waals surface area contributed by atoms with Crippen LogP contribution in [0, 0.1) is 13.8 Å². The summed E-state index contributed by atoms with van der Waals surface area (Å²) >= 11 is 1.91. The largest absolute Gasteiger partial charge is 0.472 e. The van der Waals surface area contributed by atoms with Gasteiger partial charge in [0.25, 0.3) is 6.73 Å². The predicted octanol–water partition coefficient (Wildman–Crippen LogP) is 19.9. The zero-order valence-corrected chi connectivity index (χ0v) is 51.4. The van der Waals surface area contributed by atoms with Gasteiger partial charge in [-0.05, 0) is 165 Å². The first-order valence-corrected chi connectivity index (χ1v) is 29.9. The van der Waals surface area contributed by atoms with Crippen molar-refractivity contribution in [1.82, 2.24) is 0 Å². The zero-order chi connectivity index (χ0) is 55.9. The van der Waals surface area contributed by atoms with Crippen LogP contribution in [0.5, 0.6) is 11.5 Å². The summed E-state index contributed by atoms with van der Waals surface area (Å²) in [5.74, 6) is 1.94. The Labute approximate surface area is 470 Å². The maximum Gasteiger partial charge on any atom is 0.292 e. The SMILES string of the molecule is CCC(C)(C)c1ccc(OCN2C(=CC=C3CCCC(C=CC4=[N+](COc5ccc(C(C)(C)CC)cc5C(C)(C)CC)c5ccc(C)cc5C4(C)C)=C3Sc3ccccc3)C(C)(C)c3cc(C)ccc32)c(C(C)(C)CC)c1. The maximum absolute atomic E-state index is 7.08. The Kier molecular flexibility index (Phi) is 16.7. The number of ether oxygens (including phenoxy) is 2. The van der Waals surface area contributed by atoms with Crippen molar-refractivity contribution in [2.24, 2.45) is 0 Å². The summed E-state index contributed by atoms with van der Waals surface area (Å²) in [6.07, 6.45) is 17.0. The second kappa shape index (κ2) is 22.3. The Morgan fingerprint density at radius 1 is 0.584 bits per heavy atom. The predicted molar refractivity (Wildman–Crippen MR) is 331 cm³/mol. The Balaban J connectivity index is 1.21. The van der Waals surface area contributed by atoms with Crippen LogP contribution in [0.2, 0.25) is 0 Å². The normalized spacial score (nSPS) is 17.8. The smallest absolute Gasteiger partial charge is 0.292 e. The van der Waals surface area contributed by atoms with Crippen LogP contribution in [-0.2, 0) is 32.5 Å². The number of hydrogen-bond acceptors (Lipinski definition) is 4. The molecule has 1 aliphatic carbocycles. The van der Waals surface area contributed by atoms with Crippen molar-refractivity contribution in [2.75, 3.05) is 18.4 Å². The number of hydrogen-bond donors (Lipinski definition) is 0. The van der Waals surface area contributed by atoms with E-state index >= 15 is 0 Å². The Bertz CT molecular complexity index is 3150. The molecule has 408 valence electrons. The van der Waals surface area contributed by atoms with Crippen molar-refractivity contribution in [1.29, 1.82) is 0 Å². The number of nitrogens with zero attached hydrogens (tertiary/aromatic N) is 2. The molecule has 0 atom stereocenters. The van der Waals surface area contributed by atoms with Gasteiger partial charge in [-0.1, -0.05) is 193 Å². The first kappa shape index (κ1) is 57.6. The highest BCUT2D eigenvalue weighted by atomic mass is 32.2. The fourth-order valence-electron chi connectivity index (χ4n) is 11.4. The van der Waals surface area contributed by atoms with Crippen LogP contribution in [0.4, 0.5) is 11.4 Å². The third kappa shape index (κ3) is 11.6. The second-order valence-corrected chi connectivity index (χ2v) is 27.2. The molecule has 3 aliphatic rings. The van der Waals surface area contributed by atoms with E-state index in [1.165, 1.54) is 88.2 Å². The number of rotatable bonds is 19. The van der Waals surface area contributed by atoms with Gasteiger partial charge in [-0.2, -0.15) is 4.58 Å². The summed E-state index contributed by atoms with van der Waals surface area (Å²) in [6.45, 7) is 42.8. The summed E-state index contributed by atoms with van der Waals surface area (Å²) in [5, 5.41) is 0. The summed E-state index contributed by atoms with van der Waals surface area (Å²) in [5.41, 5.74) is 17.8. The lowest BCUT2D eigenvalue weighted by Gasteiger charge is -2.32. The molecular formula is C72H93N2O2S+. The van der Waals surface area contributed by atoms with Crippen molar-refractivity contribution >= 4 is 28.8 Å². The lowest BCUT2D eigenvalue weighted by Crippen LogP contribution is -2.30. The average Bonchev–Trinajstić information content (AvgIpc) is 3.76. The third-order valence-corrected chi connectivity index (χ3v) is 19.9. The molecule has 0 amide bonds. The second-order valence-electron chi connectivity index (χ2n) is 26.2. The van der Waals surface area contributed by atoms with E-state index in [4.69, 9.17) is 9.47 Å². The minimum atomic E-state index is -0.249. The molecule has 0 N–H and O–H groups in total. The highest BCUT2D eigenvalue weighted by Crippen LogP contribution is 2.50. The molecule has 0 saturated carbocycles. The average molecular weight is 1050 g/mol. The van der Waals surface area contributed by atoms with E-state index < -0.39 is 0 Å². The molecule has 2 aliphatic heterocycles. The van der Waals surface area contributed by atoms with E-state index in [1.54, 1.807) is 0 Å². The van der Waals surface area contributed by atoms with Gasteiger partial charge >= 0.3 is 0 Å². The molecule has 0 fully saturated rings. The van der Waals surface area contributed by atoms with Gasteiger partial charge in [0.05, 0.1) is 5.41 Å². The van der Waals surface area contributed by atoms with Crippen molar-refractivity contribution in [3.8, 4) is 11.5 Å². The highest BCUT2D eigenvalue weighted by molar-refractivity contribution is 8.03. The van der Waals surface area contributed by atoms with Gasteiger partial charge in [0, 0.05) is 55.4 Å². The summed E-state index contributed by atoms with van der Waals surface area (Å²) in [4.78, 5) is 5.04. The third-order valence-electron chi connectivity index (χ3n) is 18.6. The molecule has 0 radical (unpaired) electrons. The van der Waals surface area contributed by atoms with Crippen molar-refractivity contribution in [2.45, 2.75) is 207 Å². The van der Waals surface area contributed by atoms with Crippen LogP contribution >= 0.6 is 11.8 Å². The molecule has 5 aromatic carbocycles. The number of aryl methyl sites for hydroxylation is 2. The van der Waals surface area contributed by atoms with E-state index in [2.05, 4.69) is 262 Å². The van der Waals surface area contributed by atoms with E-state index in [1.807, 2.05) is 11.8 Å². The number of fused-ring (bicyclic) bond motifs is 2. The van der Waals surface area contributed by atoms with Crippen LogP contribution < -0.4 is 14.4 Å². The number of anilines is 1. The first-order valence-electron chi connectivity index (χ1n) is 29.1. The summed E-state index contributed by atoms with van der Waals surface area (Å²) < 4.78 is 16.6. The molecule has 0 aromatic heterocycles. The van der Waals surface area contributed by atoms with Crippen LogP contribution in [0.25, 0.3) is 0 Å². The fourth-order valence-corrected chi connectivity index (χ4v) is 12.6. The Morgan fingerprint density at radius 3 is 1.73 bits per heavy atom. The van der Waals surface area contributed by atoms with Gasteiger partial charge in [0.2, 0.25) is 5.69 Å². The first-order chi connectivity index (χ1) is 36.3. The van der Waals surface area contributed by atoms with Crippen LogP contribution in [0.3, 0.4) is 0 Å². The van der Waals surface area contributed by atoms with Crippen LogP contribution in [0.1, 0.15) is 200 Å². The molecule has 5 aromatic rings. The van der Waals surface area contributed by atoms with E-state index in [0.717, 1.165) is 56.4 Å². The van der Waals surface area contributed by atoms with Crippen molar-refractivity contribution in [3.05, 3.63) is 194 Å².